The van der Waals surface area contributed by atoms with Crippen molar-refractivity contribution in [3.63, 3.8) is 0 Å². The second kappa shape index (κ2) is 11.5. The number of carbonyl (C=O) groups is 1. The Morgan fingerprint density at radius 3 is 2.29 bits per heavy atom. The molecule has 0 aliphatic rings. The summed E-state index contributed by atoms with van der Waals surface area (Å²) in [6.07, 6.45) is 0.327. The molecule has 0 amide bonds. The summed E-state index contributed by atoms with van der Waals surface area (Å²) in [5, 5.41) is 2.28. The third kappa shape index (κ3) is 6.03. The van der Waals surface area contributed by atoms with Crippen molar-refractivity contribution in [2.24, 2.45) is 0 Å². The molecule has 0 spiro atoms. The maximum absolute atomic E-state index is 12.5. The summed E-state index contributed by atoms with van der Waals surface area (Å²) in [7, 11) is 0. The van der Waals surface area contributed by atoms with E-state index >= 15 is 0 Å². The predicted octanol–water partition coefficient (Wildman–Crippen LogP) is 7.13. The Hall–Kier alpha value is -3.63. The summed E-state index contributed by atoms with van der Waals surface area (Å²) in [6, 6.07) is 31.3. The van der Waals surface area contributed by atoms with E-state index in [-0.39, 0.29) is 6.61 Å². The maximum atomic E-state index is 12.5. The molecule has 4 heteroatoms. The molecule has 0 N–H and O–H groups in total. The smallest absolute Gasteiger partial charge is 0.338 e. The highest BCUT2D eigenvalue weighted by atomic mass is 16.7. The van der Waals surface area contributed by atoms with Gasteiger partial charge in [-0.15, -0.1) is 0 Å². The number of esters is 1. The van der Waals surface area contributed by atoms with Gasteiger partial charge in [0.25, 0.3) is 0 Å². The van der Waals surface area contributed by atoms with E-state index < -0.39 is 12.3 Å². The summed E-state index contributed by atoms with van der Waals surface area (Å²) in [5.74, 6) is 0.750. The Bertz CT molecular complexity index is 1200. The molecule has 0 radical (unpaired) electrons. The van der Waals surface area contributed by atoms with Crippen molar-refractivity contribution in [1.29, 1.82) is 0 Å². The van der Waals surface area contributed by atoms with Gasteiger partial charge in [-0.2, -0.15) is 0 Å². The van der Waals surface area contributed by atoms with Crippen molar-refractivity contribution in [2.75, 3.05) is 6.61 Å². The van der Waals surface area contributed by atoms with Crippen LogP contribution in [0.1, 0.15) is 47.7 Å². The van der Waals surface area contributed by atoms with Crippen LogP contribution in [0.3, 0.4) is 0 Å². The second-order valence-corrected chi connectivity index (χ2v) is 8.34. The van der Waals surface area contributed by atoms with Gasteiger partial charge < -0.3 is 14.2 Å². The number of rotatable bonds is 10. The van der Waals surface area contributed by atoms with Crippen molar-refractivity contribution in [3.8, 4) is 5.75 Å². The first-order valence-corrected chi connectivity index (χ1v) is 11.7. The van der Waals surface area contributed by atoms with E-state index in [2.05, 4.69) is 44.2 Å². The summed E-state index contributed by atoms with van der Waals surface area (Å²) >= 11 is 0. The van der Waals surface area contributed by atoms with E-state index in [0.29, 0.717) is 23.8 Å². The van der Waals surface area contributed by atoms with Crippen LogP contribution in [0.4, 0.5) is 0 Å². The number of hydrogen-bond donors (Lipinski definition) is 0. The predicted molar refractivity (Wildman–Crippen MR) is 135 cm³/mol. The third-order valence-electron chi connectivity index (χ3n) is 5.99. The maximum Gasteiger partial charge on any atom is 0.338 e. The Balaban J connectivity index is 1.47. The van der Waals surface area contributed by atoms with Gasteiger partial charge in [0.15, 0.2) is 6.61 Å². The van der Waals surface area contributed by atoms with Crippen LogP contribution in [0.5, 0.6) is 5.75 Å². The SMILES string of the molecule is CCC(C)c1ccc(OC(COC(=O)c2ccccc2)OCc2cccc3ccccc23)cc1. The van der Waals surface area contributed by atoms with Gasteiger partial charge in [0, 0.05) is 0 Å². The number of benzene rings is 4. The molecule has 0 heterocycles. The van der Waals surface area contributed by atoms with Crippen LogP contribution in [0, 0.1) is 0 Å². The number of hydrogen-bond acceptors (Lipinski definition) is 4. The summed E-state index contributed by atoms with van der Waals surface area (Å²) in [4.78, 5) is 12.5. The van der Waals surface area contributed by atoms with E-state index in [9.17, 15) is 4.79 Å². The van der Waals surface area contributed by atoms with Crippen molar-refractivity contribution < 1.29 is 19.0 Å². The van der Waals surface area contributed by atoms with Crippen molar-refractivity contribution in [1.82, 2.24) is 0 Å². The molecule has 4 aromatic rings. The lowest BCUT2D eigenvalue weighted by Gasteiger charge is -2.21. The van der Waals surface area contributed by atoms with Crippen LogP contribution in [-0.4, -0.2) is 18.9 Å². The third-order valence-corrected chi connectivity index (χ3v) is 5.99. The van der Waals surface area contributed by atoms with E-state index in [1.807, 2.05) is 42.5 Å². The zero-order chi connectivity index (χ0) is 23.8. The Morgan fingerprint density at radius 2 is 1.53 bits per heavy atom. The first-order valence-electron chi connectivity index (χ1n) is 11.7. The van der Waals surface area contributed by atoms with Crippen molar-refractivity contribution >= 4 is 16.7 Å². The first-order chi connectivity index (χ1) is 16.6. The second-order valence-electron chi connectivity index (χ2n) is 8.34. The molecule has 2 unspecified atom stereocenters. The highest BCUT2D eigenvalue weighted by Gasteiger charge is 2.17. The fourth-order valence-electron chi connectivity index (χ4n) is 3.78. The molecule has 0 aromatic heterocycles. The highest BCUT2D eigenvalue weighted by molar-refractivity contribution is 5.89. The van der Waals surface area contributed by atoms with Gasteiger partial charge in [0.1, 0.15) is 5.75 Å². The van der Waals surface area contributed by atoms with Gasteiger partial charge in [0.05, 0.1) is 12.2 Å². The van der Waals surface area contributed by atoms with E-state index in [4.69, 9.17) is 14.2 Å². The zero-order valence-corrected chi connectivity index (χ0v) is 19.6. The van der Waals surface area contributed by atoms with Gasteiger partial charge in [-0.05, 0) is 58.5 Å². The Morgan fingerprint density at radius 1 is 0.824 bits per heavy atom. The van der Waals surface area contributed by atoms with Crippen LogP contribution in [0.25, 0.3) is 10.8 Å². The molecule has 0 saturated heterocycles. The molecule has 0 aliphatic carbocycles. The van der Waals surface area contributed by atoms with E-state index in [0.717, 1.165) is 22.8 Å². The minimum Gasteiger partial charge on any atom is -0.461 e. The molecule has 174 valence electrons. The van der Waals surface area contributed by atoms with Gasteiger partial charge in [-0.1, -0.05) is 86.6 Å². The van der Waals surface area contributed by atoms with E-state index in [1.165, 1.54) is 5.56 Å². The number of ether oxygens (including phenoxy) is 3. The molecule has 4 nitrogen and oxygen atoms in total. The lowest BCUT2D eigenvalue weighted by atomic mass is 9.99. The lowest BCUT2D eigenvalue weighted by Crippen LogP contribution is -2.28. The molecule has 2 atom stereocenters. The minimum absolute atomic E-state index is 0.0222. The number of fused-ring (bicyclic) bond motifs is 1. The fraction of sp³-hybridized carbons (Fsp3) is 0.233. The molecule has 0 fully saturated rings. The molecule has 34 heavy (non-hydrogen) atoms. The van der Waals surface area contributed by atoms with Crippen LogP contribution < -0.4 is 4.74 Å². The average Bonchev–Trinajstić information content (AvgIpc) is 2.90. The quantitative estimate of drug-likeness (QED) is 0.189. The monoisotopic (exact) mass is 454 g/mol. The molecular formula is C30H30O4. The summed E-state index contributed by atoms with van der Waals surface area (Å²) < 4.78 is 17.8. The standard InChI is InChI=1S/C30H30O4/c1-3-22(2)23-16-18-27(19-17-23)34-29(21-33-30(31)25-11-5-4-6-12-25)32-20-26-14-9-13-24-10-7-8-15-28(24)26/h4-19,22,29H,3,20-21H2,1-2H3. The van der Waals surface area contributed by atoms with Crippen molar-refractivity contribution in [2.45, 2.75) is 39.1 Å². The molecular weight excluding hydrogens is 424 g/mol. The van der Waals surface area contributed by atoms with Crippen LogP contribution in [0.15, 0.2) is 97.1 Å². The summed E-state index contributed by atoms with van der Waals surface area (Å²) in [5.41, 5.74) is 2.81. The summed E-state index contributed by atoms with van der Waals surface area (Å²) in [6.45, 7) is 4.69. The van der Waals surface area contributed by atoms with Gasteiger partial charge in [-0.25, -0.2) is 4.79 Å². The first kappa shape index (κ1) is 23.5. The largest absolute Gasteiger partial charge is 0.461 e. The number of carbonyl (C=O) groups excluding carboxylic acids is 1. The van der Waals surface area contributed by atoms with Gasteiger partial charge in [-0.3, -0.25) is 0 Å². The lowest BCUT2D eigenvalue weighted by molar-refractivity contribution is -0.117. The highest BCUT2D eigenvalue weighted by Crippen LogP contribution is 2.24. The topological polar surface area (TPSA) is 44.8 Å². The molecule has 0 saturated carbocycles. The van der Waals surface area contributed by atoms with Gasteiger partial charge in [0.2, 0.25) is 6.29 Å². The van der Waals surface area contributed by atoms with Crippen LogP contribution in [-0.2, 0) is 16.1 Å². The Labute approximate surface area is 201 Å². The molecule has 4 rings (SSSR count). The van der Waals surface area contributed by atoms with E-state index in [1.54, 1.807) is 24.3 Å². The van der Waals surface area contributed by atoms with Gasteiger partial charge >= 0.3 is 5.97 Å². The fourth-order valence-corrected chi connectivity index (χ4v) is 3.78. The zero-order valence-electron chi connectivity index (χ0n) is 19.6. The molecule has 0 aliphatic heterocycles. The average molecular weight is 455 g/mol. The molecule has 4 aromatic carbocycles. The minimum atomic E-state index is -0.749. The normalized spacial score (nSPS) is 12.8. The Kier molecular flexibility index (Phi) is 7.95. The molecule has 0 bridgehead atoms. The van der Waals surface area contributed by atoms with Crippen molar-refractivity contribution in [3.05, 3.63) is 114 Å². The van der Waals surface area contributed by atoms with Crippen LogP contribution in [0.2, 0.25) is 0 Å². The van der Waals surface area contributed by atoms with Crippen LogP contribution >= 0.6 is 0 Å².